The molecule has 1 aliphatic heterocycles. The van der Waals surface area contributed by atoms with Gasteiger partial charge in [-0.1, -0.05) is 6.07 Å². The van der Waals surface area contributed by atoms with Gasteiger partial charge in [0.2, 0.25) is 0 Å². The van der Waals surface area contributed by atoms with Gasteiger partial charge in [0.05, 0.1) is 6.20 Å². The van der Waals surface area contributed by atoms with Crippen molar-refractivity contribution in [3.05, 3.63) is 65.7 Å². The van der Waals surface area contributed by atoms with Crippen LogP contribution in [0.1, 0.15) is 35.6 Å². The number of aryl methyl sites for hydroxylation is 2. The molecule has 0 aromatic carbocycles. The molecule has 1 aliphatic rings. The van der Waals surface area contributed by atoms with Gasteiger partial charge >= 0.3 is 0 Å². The van der Waals surface area contributed by atoms with Gasteiger partial charge in [0.25, 0.3) is 0 Å². The summed E-state index contributed by atoms with van der Waals surface area (Å²) in [7, 11) is 1.96. The van der Waals surface area contributed by atoms with Crippen molar-refractivity contribution in [3.8, 4) is 0 Å². The number of aromatic nitrogens is 4. The van der Waals surface area contributed by atoms with E-state index in [1.54, 1.807) is 6.20 Å². The van der Waals surface area contributed by atoms with E-state index in [-0.39, 0.29) is 0 Å². The van der Waals surface area contributed by atoms with Crippen molar-refractivity contribution in [2.75, 3.05) is 11.9 Å². The quantitative estimate of drug-likeness (QED) is 0.763. The highest BCUT2D eigenvalue weighted by molar-refractivity contribution is 5.56. The molecule has 1 saturated heterocycles. The normalized spacial score (nSPS) is 17.5. The van der Waals surface area contributed by atoms with E-state index in [0.717, 1.165) is 30.3 Å². The van der Waals surface area contributed by atoms with Crippen molar-refractivity contribution in [2.45, 2.75) is 32.4 Å². The van der Waals surface area contributed by atoms with Crippen molar-refractivity contribution in [2.24, 2.45) is 7.05 Å². The molecule has 1 atom stereocenters. The second kappa shape index (κ2) is 7.25. The molecule has 0 spiro atoms. The fraction of sp³-hybridized carbons (Fsp3) is 0.350. The van der Waals surface area contributed by atoms with Gasteiger partial charge in [-0.15, -0.1) is 0 Å². The predicted molar refractivity (Wildman–Crippen MR) is 102 cm³/mol. The molecule has 3 aromatic rings. The number of anilines is 2. The minimum Gasteiger partial charge on any atom is -0.325 e. The highest BCUT2D eigenvalue weighted by Crippen LogP contribution is 2.34. The molecule has 0 radical (unpaired) electrons. The molecular weight excluding hydrogens is 324 g/mol. The average molecular weight is 348 g/mol. The highest BCUT2D eigenvalue weighted by atomic mass is 15.2. The van der Waals surface area contributed by atoms with Gasteiger partial charge < -0.3 is 5.32 Å². The lowest BCUT2D eigenvalue weighted by atomic mass is 10.1. The van der Waals surface area contributed by atoms with Gasteiger partial charge in [0.1, 0.15) is 11.6 Å². The van der Waals surface area contributed by atoms with Crippen molar-refractivity contribution in [1.29, 1.82) is 0 Å². The summed E-state index contributed by atoms with van der Waals surface area (Å²) in [5, 5.41) is 7.64. The third kappa shape index (κ3) is 3.60. The van der Waals surface area contributed by atoms with Crippen LogP contribution in [0, 0.1) is 6.92 Å². The molecule has 4 heterocycles. The highest BCUT2D eigenvalue weighted by Gasteiger charge is 2.26. The first-order valence-corrected chi connectivity index (χ1v) is 9.05. The summed E-state index contributed by atoms with van der Waals surface area (Å²) in [5.41, 5.74) is 3.67. The predicted octanol–water partition coefficient (Wildman–Crippen LogP) is 3.60. The van der Waals surface area contributed by atoms with Crippen molar-refractivity contribution in [3.63, 3.8) is 0 Å². The van der Waals surface area contributed by atoms with E-state index < -0.39 is 0 Å². The minimum absolute atomic E-state index is 0.420. The van der Waals surface area contributed by atoms with Crippen molar-refractivity contribution >= 4 is 11.6 Å². The zero-order valence-corrected chi connectivity index (χ0v) is 15.3. The fourth-order valence-corrected chi connectivity index (χ4v) is 3.64. The first-order valence-electron chi connectivity index (χ1n) is 9.05. The summed E-state index contributed by atoms with van der Waals surface area (Å²) < 4.78 is 1.87. The van der Waals surface area contributed by atoms with Crippen molar-refractivity contribution in [1.82, 2.24) is 24.6 Å². The standard InChI is InChI=1S/C20H24N6/c1-15-5-3-8-22-20(15)24-19-11-17(7-9-21-19)18-6-4-10-26(18)14-16-12-23-25(2)13-16/h3,5,7-9,11-13,18H,4,6,10,14H2,1-2H3,(H,21,22,24)/t18-/m1/s1. The molecule has 1 fully saturated rings. The summed E-state index contributed by atoms with van der Waals surface area (Å²) in [4.78, 5) is 11.4. The Labute approximate surface area is 153 Å². The maximum Gasteiger partial charge on any atom is 0.134 e. The lowest BCUT2D eigenvalue weighted by molar-refractivity contribution is 0.248. The lowest BCUT2D eigenvalue weighted by Gasteiger charge is -2.24. The van der Waals surface area contributed by atoms with Crippen LogP contribution in [-0.4, -0.2) is 31.2 Å². The summed E-state index contributed by atoms with van der Waals surface area (Å²) in [6, 6.07) is 8.69. The molecule has 0 unspecified atom stereocenters. The average Bonchev–Trinajstić information content (AvgIpc) is 3.26. The summed E-state index contributed by atoms with van der Waals surface area (Å²) in [5.74, 6) is 1.70. The number of nitrogens with one attached hydrogen (secondary N) is 1. The smallest absolute Gasteiger partial charge is 0.134 e. The number of likely N-dealkylation sites (tertiary alicyclic amines) is 1. The van der Waals surface area contributed by atoms with E-state index in [9.17, 15) is 0 Å². The monoisotopic (exact) mass is 348 g/mol. The first-order chi connectivity index (χ1) is 12.7. The molecule has 0 amide bonds. The van der Waals surface area contributed by atoms with E-state index in [0.29, 0.717) is 6.04 Å². The molecule has 0 bridgehead atoms. The Bertz CT molecular complexity index is 887. The Balaban J connectivity index is 1.52. The van der Waals surface area contributed by atoms with Gasteiger partial charge in [0, 0.05) is 43.8 Å². The van der Waals surface area contributed by atoms with Crippen molar-refractivity contribution < 1.29 is 0 Å². The topological polar surface area (TPSA) is 58.9 Å². The second-order valence-electron chi connectivity index (χ2n) is 6.92. The third-order valence-corrected chi connectivity index (χ3v) is 4.93. The van der Waals surface area contributed by atoms with Crippen LogP contribution < -0.4 is 5.32 Å². The van der Waals surface area contributed by atoms with Gasteiger partial charge in [-0.05, 0) is 55.6 Å². The van der Waals surface area contributed by atoms with Crippen LogP contribution in [0.15, 0.2) is 49.1 Å². The van der Waals surface area contributed by atoms with Crippen LogP contribution in [0.2, 0.25) is 0 Å². The maximum atomic E-state index is 4.48. The SMILES string of the molecule is Cc1cccnc1Nc1cc([C@H]2CCCN2Cc2cnn(C)c2)ccn1. The molecule has 4 rings (SSSR count). The van der Waals surface area contributed by atoms with E-state index in [2.05, 4.69) is 43.6 Å². The molecule has 3 aromatic heterocycles. The van der Waals surface area contributed by atoms with E-state index in [4.69, 9.17) is 0 Å². The molecule has 6 nitrogen and oxygen atoms in total. The van der Waals surface area contributed by atoms with E-state index >= 15 is 0 Å². The molecular formula is C20H24N6. The molecule has 6 heteroatoms. The Kier molecular flexibility index (Phi) is 4.67. The zero-order chi connectivity index (χ0) is 17.9. The maximum absolute atomic E-state index is 4.48. The molecule has 134 valence electrons. The van der Waals surface area contributed by atoms with Gasteiger partial charge in [-0.3, -0.25) is 9.58 Å². The number of rotatable bonds is 5. The van der Waals surface area contributed by atoms with E-state index in [1.165, 1.54) is 24.0 Å². The molecule has 0 saturated carbocycles. The summed E-state index contributed by atoms with van der Waals surface area (Å²) >= 11 is 0. The number of hydrogen-bond donors (Lipinski definition) is 1. The largest absolute Gasteiger partial charge is 0.325 e. The Morgan fingerprint density at radius 3 is 2.96 bits per heavy atom. The van der Waals surface area contributed by atoms with Gasteiger partial charge in [-0.25, -0.2) is 9.97 Å². The van der Waals surface area contributed by atoms with E-state index in [1.807, 2.05) is 43.2 Å². The number of nitrogens with zero attached hydrogens (tertiary/aromatic N) is 5. The van der Waals surface area contributed by atoms with Crippen LogP contribution in [0.5, 0.6) is 0 Å². The van der Waals surface area contributed by atoms with Crippen LogP contribution in [-0.2, 0) is 13.6 Å². The number of hydrogen-bond acceptors (Lipinski definition) is 5. The Hall–Kier alpha value is -2.73. The summed E-state index contributed by atoms with van der Waals surface area (Å²) in [6.07, 6.45) is 10.1. The summed E-state index contributed by atoms with van der Waals surface area (Å²) in [6.45, 7) is 4.10. The first kappa shape index (κ1) is 16.7. The second-order valence-corrected chi connectivity index (χ2v) is 6.92. The number of pyridine rings is 2. The van der Waals surface area contributed by atoms with Gasteiger partial charge in [-0.2, -0.15) is 5.10 Å². The van der Waals surface area contributed by atoms with Crippen LogP contribution in [0.25, 0.3) is 0 Å². The van der Waals surface area contributed by atoms with Gasteiger partial charge in [0.15, 0.2) is 0 Å². The fourth-order valence-electron chi connectivity index (χ4n) is 3.64. The minimum atomic E-state index is 0.420. The van der Waals surface area contributed by atoms with Crippen LogP contribution >= 0.6 is 0 Å². The Morgan fingerprint density at radius 2 is 2.15 bits per heavy atom. The van der Waals surface area contributed by atoms with Crippen LogP contribution in [0.4, 0.5) is 11.6 Å². The van der Waals surface area contributed by atoms with Crippen LogP contribution in [0.3, 0.4) is 0 Å². The molecule has 1 N–H and O–H groups in total. The molecule has 0 aliphatic carbocycles. The zero-order valence-electron chi connectivity index (χ0n) is 15.3. The third-order valence-electron chi connectivity index (χ3n) is 4.93. The molecule has 26 heavy (non-hydrogen) atoms. The Morgan fingerprint density at radius 1 is 1.23 bits per heavy atom. The lowest BCUT2D eigenvalue weighted by Crippen LogP contribution is -2.22.